The van der Waals surface area contributed by atoms with Crippen LogP contribution in [0, 0.1) is 0 Å². The Morgan fingerprint density at radius 1 is 1.22 bits per heavy atom. The molecule has 0 radical (unpaired) electrons. The highest BCUT2D eigenvalue weighted by Crippen LogP contribution is 2.40. The molecule has 7 heteroatoms. The zero-order valence-corrected chi connectivity index (χ0v) is 15.1. The summed E-state index contributed by atoms with van der Waals surface area (Å²) in [6.45, 7) is 1.48. The molecule has 0 bridgehead atoms. The van der Waals surface area contributed by atoms with E-state index in [4.69, 9.17) is 21.1 Å². The number of benzene rings is 2. The van der Waals surface area contributed by atoms with Gasteiger partial charge in [-0.25, -0.2) is 4.79 Å². The summed E-state index contributed by atoms with van der Waals surface area (Å²) < 4.78 is 50.1. The van der Waals surface area contributed by atoms with Crippen molar-refractivity contribution in [2.45, 2.75) is 25.6 Å². The lowest BCUT2D eigenvalue weighted by atomic mass is 9.97. The van der Waals surface area contributed by atoms with Crippen molar-refractivity contribution in [2.75, 3.05) is 6.61 Å². The zero-order valence-electron chi connectivity index (χ0n) is 14.3. The second-order valence-electron chi connectivity index (χ2n) is 6.00. The third-order valence-electron chi connectivity index (χ3n) is 4.06. The average Bonchev–Trinajstić information content (AvgIpc) is 2.61. The molecule has 0 amide bonds. The first-order valence-electron chi connectivity index (χ1n) is 8.28. The highest BCUT2D eigenvalue weighted by atomic mass is 35.5. The maximum Gasteiger partial charge on any atom is 0.430 e. The minimum atomic E-state index is -4.75. The molecule has 2 aromatic carbocycles. The summed E-state index contributed by atoms with van der Waals surface area (Å²) in [5.74, 6) is -1.03. The van der Waals surface area contributed by atoms with Crippen molar-refractivity contribution in [1.29, 1.82) is 0 Å². The molecular weight excluding hydrogens is 381 g/mol. The molecule has 0 fully saturated rings. The van der Waals surface area contributed by atoms with Gasteiger partial charge in [0.1, 0.15) is 5.75 Å². The molecule has 1 aliphatic rings. The summed E-state index contributed by atoms with van der Waals surface area (Å²) >= 11 is 6.30. The Kier molecular flexibility index (Phi) is 5.46. The highest BCUT2D eigenvalue weighted by molar-refractivity contribution is 6.31. The molecule has 142 valence electrons. The van der Waals surface area contributed by atoms with E-state index in [1.54, 1.807) is 0 Å². The first-order valence-corrected chi connectivity index (χ1v) is 8.65. The second-order valence-corrected chi connectivity index (χ2v) is 6.41. The van der Waals surface area contributed by atoms with E-state index in [9.17, 15) is 18.0 Å². The van der Waals surface area contributed by atoms with E-state index in [-0.39, 0.29) is 12.4 Å². The lowest BCUT2D eigenvalue weighted by Crippen LogP contribution is -2.40. The van der Waals surface area contributed by atoms with Crippen LogP contribution in [0.15, 0.2) is 48.0 Å². The lowest BCUT2D eigenvalue weighted by molar-refractivity contribution is -0.187. The molecule has 0 spiro atoms. The summed E-state index contributed by atoms with van der Waals surface area (Å²) in [6.07, 6.45) is -5.56. The van der Waals surface area contributed by atoms with Crippen LogP contribution in [-0.4, -0.2) is 24.9 Å². The maximum absolute atomic E-state index is 13.4. The van der Waals surface area contributed by atoms with Crippen LogP contribution in [-0.2, 0) is 16.0 Å². The predicted octanol–water partition coefficient (Wildman–Crippen LogP) is 5.20. The van der Waals surface area contributed by atoms with Crippen LogP contribution in [0.4, 0.5) is 13.2 Å². The summed E-state index contributed by atoms with van der Waals surface area (Å²) in [5.41, 5.74) is 1.31. The Hall–Kier alpha value is -2.47. The number of fused-ring (bicyclic) bond motifs is 1. The van der Waals surface area contributed by atoms with Crippen LogP contribution < -0.4 is 4.74 Å². The molecule has 1 heterocycles. The van der Waals surface area contributed by atoms with Gasteiger partial charge >= 0.3 is 12.1 Å². The summed E-state index contributed by atoms with van der Waals surface area (Å²) in [5, 5.41) is 0.381. The fourth-order valence-corrected chi connectivity index (χ4v) is 3.07. The van der Waals surface area contributed by atoms with Crippen LogP contribution in [0.5, 0.6) is 5.75 Å². The van der Waals surface area contributed by atoms with Crippen molar-refractivity contribution < 1.29 is 27.4 Å². The number of alkyl halides is 3. The van der Waals surface area contributed by atoms with Crippen molar-refractivity contribution >= 4 is 23.6 Å². The van der Waals surface area contributed by atoms with Crippen molar-refractivity contribution in [3.8, 4) is 5.75 Å². The maximum atomic E-state index is 13.4. The van der Waals surface area contributed by atoms with Crippen LogP contribution in [0.1, 0.15) is 23.6 Å². The largest absolute Gasteiger partial charge is 0.475 e. The van der Waals surface area contributed by atoms with Crippen molar-refractivity contribution in [1.82, 2.24) is 0 Å². The molecule has 1 unspecified atom stereocenters. The molecule has 3 rings (SSSR count). The number of rotatable bonds is 4. The lowest BCUT2D eigenvalue weighted by Gasteiger charge is -2.28. The fourth-order valence-electron chi connectivity index (χ4n) is 2.83. The molecule has 2 aromatic rings. The number of carbonyl (C=O) groups excluding carboxylic acids is 1. The number of hydrogen-bond acceptors (Lipinski definition) is 3. The summed E-state index contributed by atoms with van der Waals surface area (Å²) in [6, 6.07) is 12.4. The number of ether oxygens (including phenoxy) is 2. The minimum absolute atomic E-state index is 0.0284. The third kappa shape index (κ3) is 4.27. The number of carbonyl (C=O) groups is 1. The van der Waals surface area contributed by atoms with Crippen molar-refractivity contribution in [3.63, 3.8) is 0 Å². The van der Waals surface area contributed by atoms with Crippen LogP contribution in [0.2, 0.25) is 5.02 Å². The molecule has 3 nitrogen and oxygen atoms in total. The summed E-state index contributed by atoms with van der Waals surface area (Å²) in [4.78, 5) is 12.0. The Balaban J connectivity index is 2.00. The number of hydrogen-bond donors (Lipinski definition) is 0. The van der Waals surface area contributed by atoms with Crippen LogP contribution >= 0.6 is 11.6 Å². The second kappa shape index (κ2) is 7.64. The number of halogens is 4. The van der Waals surface area contributed by atoms with Gasteiger partial charge in [0.25, 0.3) is 0 Å². The van der Waals surface area contributed by atoms with Gasteiger partial charge in [0, 0.05) is 10.6 Å². The van der Waals surface area contributed by atoms with E-state index in [0.29, 0.717) is 22.6 Å². The van der Waals surface area contributed by atoms with E-state index in [1.165, 1.54) is 19.1 Å². The molecule has 0 saturated heterocycles. The number of esters is 1. The SMILES string of the molecule is CCOC(=O)C1=Cc2cc(Cl)c(Cc3ccccc3)cc2OC1C(F)(F)F. The highest BCUT2D eigenvalue weighted by Gasteiger charge is 2.48. The first-order chi connectivity index (χ1) is 12.8. The Morgan fingerprint density at radius 2 is 1.93 bits per heavy atom. The predicted molar refractivity (Wildman–Crippen MR) is 95.8 cm³/mol. The average molecular weight is 397 g/mol. The molecule has 0 aromatic heterocycles. The molecular formula is C20H16ClF3O3. The quantitative estimate of drug-likeness (QED) is 0.666. The van der Waals surface area contributed by atoms with Gasteiger partial charge in [-0.15, -0.1) is 0 Å². The first kappa shape index (κ1) is 19.3. The Labute approximate surface area is 159 Å². The molecule has 0 aliphatic carbocycles. The van der Waals surface area contributed by atoms with Gasteiger partial charge in [-0.1, -0.05) is 41.9 Å². The smallest absolute Gasteiger partial charge is 0.430 e. The molecule has 1 aliphatic heterocycles. The Bertz CT molecular complexity index is 876. The van der Waals surface area contributed by atoms with Gasteiger partial charge in [0.15, 0.2) is 0 Å². The van der Waals surface area contributed by atoms with Gasteiger partial charge < -0.3 is 9.47 Å². The van der Waals surface area contributed by atoms with Gasteiger partial charge in [-0.3, -0.25) is 0 Å². The van der Waals surface area contributed by atoms with E-state index in [1.807, 2.05) is 30.3 Å². The third-order valence-corrected chi connectivity index (χ3v) is 4.41. The molecule has 27 heavy (non-hydrogen) atoms. The topological polar surface area (TPSA) is 35.5 Å². The van der Waals surface area contributed by atoms with E-state index in [2.05, 4.69) is 0 Å². The molecule has 0 saturated carbocycles. The van der Waals surface area contributed by atoms with Gasteiger partial charge in [0.05, 0.1) is 12.2 Å². The van der Waals surface area contributed by atoms with Crippen molar-refractivity contribution in [3.05, 3.63) is 69.8 Å². The molecule has 0 N–H and O–H groups in total. The van der Waals surface area contributed by atoms with Crippen LogP contribution in [0.25, 0.3) is 6.08 Å². The van der Waals surface area contributed by atoms with Gasteiger partial charge in [-0.05, 0) is 42.7 Å². The van der Waals surface area contributed by atoms with Gasteiger partial charge in [-0.2, -0.15) is 13.2 Å². The monoisotopic (exact) mass is 396 g/mol. The van der Waals surface area contributed by atoms with E-state index < -0.39 is 23.8 Å². The minimum Gasteiger partial charge on any atom is -0.475 e. The molecule has 1 atom stereocenters. The summed E-state index contributed by atoms with van der Waals surface area (Å²) in [7, 11) is 0. The van der Waals surface area contributed by atoms with Crippen LogP contribution in [0.3, 0.4) is 0 Å². The zero-order chi connectivity index (χ0) is 19.6. The fraction of sp³-hybridized carbons (Fsp3) is 0.250. The van der Waals surface area contributed by atoms with E-state index in [0.717, 1.165) is 11.6 Å². The van der Waals surface area contributed by atoms with Crippen molar-refractivity contribution in [2.24, 2.45) is 0 Å². The normalized spacial score (nSPS) is 16.2. The van der Waals surface area contributed by atoms with E-state index >= 15 is 0 Å². The standard InChI is InChI=1S/C20H16ClF3O3/c1-2-26-19(25)15-9-14-10-16(21)13(8-12-6-4-3-5-7-12)11-17(14)27-18(15)20(22,23)24/h3-7,9-11,18H,2,8H2,1H3. The van der Waals surface area contributed by atoms with Gasteiger partial charge in [0.2, 0.25) is 6.10 Å². The Morgan fingerprint density at radius 3 is 2.56 bits per heavy atom.